The Hall–Kier alpha value is -0.810. The second-order valence-electron chi connectivity index (χ2n) is 9.85. The Morgan fingerprint density at radius 2 is 1.81 bits per heavy atom. The Morgan fingerprint density at radius 3 is 2.55 bits per heavy atom. The molecule has 7 atom stereocenters. The molecule has 2 aliphatic carbocycles. The quantitative estimate of drug-likeness (QED) is 0.327. The molecule has 7 heteroatoms. The molecule has 3 rings (SSSR count). The zero-order valence-corrected chi connectivity index (χ0v) is 19.3. The molecule has 1 aromatic rings. The van der Waals surface area contributed by atoms with Crippen LogP contribution in [0.4, 0.5) is 8.78 Å². The smallest absolute Gasteiger partial charge is 0.197 e. The highest BCUT2D eigenvalue weighted by Crippen LogP contribution is 2.42. The first kappa shape index (κ1) is 24.8. The summed E-state index contributed by atoms with van der Waals surface area (Å²) >= 11 is 0. The molecule has 1 saturated carbocycles. The number of hydrogen-bond acceptors (Lipinski definition) is 3. The van der Waals surface area contributed by atoms with Crippen LogP contribution in [0.5, 0.6) is 0 Å². The zero-order chi connectivity index (χ0) is 22.6. The number of rotatable bonds is 11. The molecule has 0 aliphatic heterocycles. The average molecular weight is 459 g/mol. The van der Waals surface area contributed by atoms with Crippen LogP contribution in [0.25, 0.3) is 0 Å². The monoisotopic (exact) mass is 458 g/mol. The lowest BCUT2D eigenvalue weighted by atomic mass is 9.83. The van der Waals surface area contributed by atoms with Gasteiger partial charge in [-0.25, -0.2) is 8.78 Å². The van der Waals surface area contributed by atoms with Crippen LogP contribution >= 0.6 is 7.37 Å². The number of aliphatic hydroxyl groups is 2. The van der Waals surface area contributed by atoms with Gasteiger partial charge in [-0.05, 0) is 79.5 Å². The molecule has 1 aromatic carbocycles. The van der Waals surface area contributed by atoms with E-state index in [9.17, 15) is 28.5 Å². The van der Waals surface area contributed by atoms with Crippen LogP contribution in [0.2, 0.25) is 0 Å². The van der Waals surface area contributed by atoms with Crippen LogP contribution in [-0.2, 0) is 17.4 Å². The third-order valence-electron chi connectivity index (χ3n) is 7.31. The minimum Gasteiger partial charge on any atom is -0.393 e. The summed E-state index contributed by atoms with van der Waals surface area (Å²) in [6.07, 6.45) is 4.82. The Morgan fingerprint density at radius 1 is 1.10 bits per heavy atom. The molecule has 0 aromatic heterocycles. The van der Waals surface area contributed by atoms with E-state index in [0.717, 1.165) is 43.2 Å². The van der Waals surface area contributed by atoms with Crippen LogP contribution in [0.15, 0.2) is 18.2 Å². The molecular weight excluding hydrogens is 421 g/mol. The fourth-order valence-electron chi connectivity index (χ4n) is 5.57. The molecule has 0 amide bonds. The number of unbranched alkanes of at least 4 members (excludes halogenated alkanes) is 3. The van der Waals surface area contributed by atoms with Crippen LogP contribution in [-0.4, -0.2) is 46.3 Å². The molecule has 31 heavy (non-hydrogen) atoms. The molecule has 176 valence electrons. The lowest BCUT2D eigenvalue weighted by Crippen LogP contribution is -2.26. The number of aliphatic hydroxyl groups excluding tert-OH is 2. The average Bonchev–Trinajstić information content (AvgIpc) is 3.22. The van der Waals surface area contributed by atoms with Crippen molar-refractivity contribution in [2.45, 2.75) is 82.6 Å². The maximum absolute atomic E-state index is 14.6. The van der Waals surface area contributed by atoms with E-state index in [4.69, 9.17) is 0 Å². The van der Waals surface area contributed by atoms with Gasteiger partial charge < -0.3 is 15.1 Å². The van der Waals surface area contributed by atoms with Crippen molar-refractivity contribution >= 4 is 7.37 Å². The van der Waals surface area contributed by atoms with E-state index < -0.39 is 25.7 Å². The third-order valence-corrected chi connectivity index (χ3v) is 8.45. The summed E-state index contributed by atoms with van der Waals surface area (Å²) in [6.45, 7) is 1.38. The minimum absolute atomic E-state index is 0.0423. The fraction of sp³-hybridized carbons (Fsp3) is 0.750. The van der Waals surface area contributed by atoms with Crippen molar-refractivity contribution in [3.8, 4) is 0 Å². The lowest BCUT2D eigenvalue weighted by molar-refractivity contribution is 0.0751. The van der Waals surface area contributed by atoms with E-state index in [1.807, 2.05) is 0 Å². The first-order valence-corrected chi connectivity index (χ1v) is 14.0. The molecule has 2 unspecified atom stereocenters. The Kier molecular flexibility index (Phi) is 8.71. The van der Waals surface area contributed by atoms with Crippen molar-refractivity contribution in [2.75, 3.05) is 12.8 Å². The van der Waals surface area contributed by atoms with Gasteiger partial charge in [0.05, 0.1) is 12.2 Å². The van der Waals surface area contributed by atoms with E-state index in [-0.39, 0.29) is 30.0 Å². The first-order chi connectivity index (χ1) is 14.6. The molecule has 4 nitrogen and oxygen atoms in total. The number of halogens is 2. The van der Waals surface area contributed by atoms with Crippen molar-refractivity contribution in [3.05, 3.63) is 35.1 Å². The van der Waals surface area contributed by atoms with Crippen molar-refractivity contribution in [1.29, 1.82) is 0 Å². The molecule has 0 spiro atoms. The van der Waals surface area contributed by atoms with E-state index in [0.29, 0.717) is 31.8 Å². The number of alkyl halides is 1. The van der Waals surface area contributed by atoms with Gasteiger partial charge in [0.1, 0.15) is 12.0 Å². The summed E-state index contributed by atoms with van der Waals surface area (Å²) in [6, 6.07) is 4.79. The molecule has 0 bridgehead atoms. The standard InChI is InChI=1S/C24H37F2O4P/c1-31(29,30)11-5-3-2-4-6-21-20(22(26)15-24(21)28)9-10-23(27)18-12-16-7-8-19(25)14-17(16)13-18/h7-8,14,18,20-24,27-28H,2-6,9-13,15H2,1H3,(H,29,30)/t18?,20-,21-,22+,23+,24+/m1/s1. The normalized spacial score (nSPS) is 30.8. The summed E-state index contributed by atoms with van der Waals surface area (Å²) in [5.41, 5.74) is 2.05. The molecule has 0 saturated heterocycles. The molecular formula is C24H37F2O4P. The maximum Gasteiger partial charge on any atom is 0.197 e. The SMILES string of the molecule is CP(=O)(O)CCCCCC[C@@H]1[C@@H](CC[C@H](O)C2Cc3ccc(F)cc3C2)[C@@H](F)C[C@@H]1O. The first-order valence-electron chi connectivity index (χ1n) is 11.7. The van der Waals surface area contributed by atoms with E-state index in [2.05, 4.69) is 0 Å². The van der Waals surface area contributed by atoms with Gasteiger partial charge in [0.2, 0.25) is 0 Å². The molecule has 0 heterocycles. The molecule has 3 N–H and O–H groups in total. The van der Waals surface area contributed by atoms with Gasteiger partial charge in [-0.15, -0.1) is 0 Å². The van der Waals surface area contributed by atoms with Crippen molar-refractivity contribution in [3.63, 3.8) is 0 Å². The fourth-order valence-corrected chi connectivity index (χ4v) is 6.38. The number of fused-ring (bicyclic) bond motifs is 1. The Bertz CT molecular complexity index is 768. The largest absolute Gasteiger partial charge is 0.393 e. The predicted molar refractivity (Wildman–Crippen MR) is 119 cm³/mol. The van der Waals surface area contributed by atoms with E-state index in [1.54, 1.807) is 12.1 Å². The maximum atomic E-state index is 14.6. The van der Waals surface area contributed by atoms with E-state index >= 15 is 0 Å². The highest BCUT2D eigenvalue weighted by atomic mass is 31.2. The van der Waals surface area contributed by atoms with Gasteiger partial charge in [-0.2, -0.15) is 0 Å². The summed E-state index contributed by atoms with van der Waals surface area (Å²) in [4.78, 5) is 9.33. The molecule has 1 fully saturated rings. The van der Waals surface area contributed by atoms with Gasteiger partial charge in [-0.1, -0.05) is 25.3 Å². The van der Waals surface area contributed by atoms with E-state index in [1.165, 1.54) is 12.7 Å². The van der Waals surface area contributed by atoms with Crippen LogP contribution in [0.1, 0.15) is 62.5 Å². The minimum atomic E-state index is -2.94. The summed E-state index contributed by atoms with van der Waals surface area (Å²) < 4.78 is 39.4. The van der Waals surface area contributed by atoms with Crippen LogP contribution < -0.4 is 0 Å². The van der Waals surface area contributed by atoms with Gasteiger partial charge in [-0.3, -0.25) is 4.57 Å². The number of hydrogen-bond donors (Lipinski definition) is 3. The number of benzene rings is 1. The van der Waals surface area contributed by atoms with Crippen molar-refractivity contribution in [2.24, 2.45) is 17.8 Å². The molecule has 0 radical (unpaired) electrons. The second kappa shape index (κ2) is 10.9. The molecule has 2 aliphatic rings. The Labute approximate surface area is 184 Å². The predicted octanol–water partition coefficient (Wildman–Crippen LogP) is 4.87. The van der Waals surface area contributed by atoms with Gasteiger partial charge in [0, 0.05) is 19.2 Å². The van der Waals surface area contributed by atoms with Crippen molar-refractivity contribution < 1.29 is 28.5 Å². The summed E-state index contributed by atoms with van der Waals surface area (Å²) in [5.74, 6) is -0.538. The third kappa shape index (κ3) is 7.08. The van der Waals surface area contributed by atoms with Gasteiger partial charge in [0.25, 0.3) is 0 Å². The lowest BCUT2D eigenvalue weighted by Gasteiger charge is -2.25. The van der Waals surface area contributed by atoms with Crippen LogP contribution in [0, 0.1) is 23.6 Å². The van der Waals surface area contributed by atoms with Crippen LogP contribution in [0.3, 0.4) is 0 Å². The Balaban J connectivity index is 1.43. The summed E-state index contributed by atoms with van der Waals surface area (Å²) in [7, 11) is -2.94. The second-order valence-corrected chi connectivity index (χ2v) is 12.4. The highest BCUT2D eigenvalue weighted by molar-refractivity contribution is 7.57. The van der Waals surface area contributed by atoms with Gasteiger partial charge >= 0.3 is 0 Å². The van der Waals surface area contributed by atoms with Gasteiger partial charge in [0.15, 0.2) is 7.37 Å². The zero-order valence-electron chi connectivity index (χ0n) is 18.4. The topological polar surface area (TPSA) is 77.8 Å². The summed E-state index contributed by atoms with van der Waals surface area (Å²) in [5, 5.41) is 21.1. The van der Waals surface area contributed by atoms with Crippen molar-refractivity contribution in [1.82, 2.24) is 0 Å². The highest BCUT2D eigenvalue weighted by Gasteiger charge is 2.42.